The first-order chi connectivity index (χ1) is 15.1. The van der Waals surface area contributed by atoms with E-state index in [1.807, 2.05) is 53.8 Å². The summed E-state index contributed by atoms with van der Waals surface area (Å²) in [5, 5.41) is 11.2. The van der Waals surface area contributed by atoms with Crippen molar-refractivity contribution in [3.8, 4) is 0 Å². The molecule has 1 aromatic heterocycles. The van der Waals surface area contributed by atoms with Gasteiger partial charge in [0.25, 0.3) is 0 Å². The summed E-state index contributed by atoms with van der Waals surface area (Å²) in [6.07, 6.45) is 1.77. The number of rotatable bonds is 9. The van der Waals surface area contributed by atoms with E-state index in [1.54, 1.807) is 7.11 Å². The number of amides is 1. The van der Waals surface area contributed by atoms with Crippen molar-refractivity contribution in [3.63, 3.8) is 0 Å². The zero-order chi connectivity index (χ0) is 22.1. The fourth-order valence-corrected chi connectivity index (χ4v) is 3.61. The monoisotopic (exact) mass is 555 g/mol. The zero-order valence-electron chi connectivity index (χ0n) is 19.1. The Morgan fingerprint density at radius 2 is 2.09 bits per heavy atom. The number of aryl methyl sites for hydroxylation is 1. The summed E-state index contributed by atoms with van der Waals surface area (Å²) in [6, 6.07) is 10.2. The number of halogens is 1. The highest BCUT2D eigenvalue weighted by molar-refractivity contribution is 14.0. The summed E-state index contributed by atoms with van der Waals surface area (Å²) >= 11 is 0. The van der Waals surface area contributed by atoms with Gasteiger partial charge in [-0.25, -0.2) is 14.7 Å². The molecule has 1 amide bonds. The Kier molecular flexibility index (Phi) is 10.9. The molecule has 1 aromatic carbocycles. The number of methoxy groups -OCH3 is 1. The van der Waals surface area contributed by atoms with E-state index in [0.29, 0.717) is 38.0 Å². The minimum absolute atomic E-state index is 0. The maximum Gasteiger partial charge on any atom is 0.244 e. The molecule has 1 aliphatic rings. The first kappa shape index (κ1) is 26.0. The van der Waals surface area contributed by atoms with E-state index in [0.717, 1.165) is 30.8 Å². The predicted molar refractivity (Wildman–Crippen MR) is 135 cm³/mol. The molecule has 9 nitrogen and oxygen atoms in total. The fraction of sp³-hybridized carbons (Fsp3) is 0.545. The lowest BCUT2D eigenvalue weighted by Crippen LogP contribution is -2.47. The summed E-state index contributed by atoms with van der Waals surface area (Å²) in [7, 11) is 1.64. The Morgan fingerprint density at radius 3 is 2.78 bits per heavy atom. The number of benzene rings is 1. The molecule has 2 N–H and O–H groups in total. The first-order valence-corrected chi connectivity index (χ1v) is 10.9. The first-order valence-electron chi connectivity index (χ1n) is 10.9. The van der Waals surface area contributed by atoms with Crippen molar-refractivity contribution in [1.29, 1.82) is 0 Å². The van der Waals surface area contributed by atoms with E-state index >= 15 is 0 Å². The van der Waals surface area contributed by atoms with Crippen LogP contribution in [0.25, 0.3) is 0 Å². The number of likely N-dealkylation sites (N-methyl/N-ethyl adjacent to an activating group) is 1. The summed E-state index contributed by atoms with van der Waals surface area (Å²) in [5.74, 6) is 2.36. The summed E-state index contributed by atoms with van der Waals surface area (Å²) in [5.41, 5.74) is 1.12. The van der Waals surface area contributed by atoms with Crippen LogP contribution in [0.2, 0.25) is 0 Å². The van der Waals surface area contributed by atoms with E-state index in [4.69, 9.17) is 4.74 Å². The second-order valence-corrected chi connectivity index (χ2v) is 7.53. The molecule has 1 unspecified atom stereocenters. The SMILES string of the molecule is CCNC(=NCC(=O)N(CC)Cc1ccccc1)NC1CCc2nc(COC)nn2C1.I. The number of guanidine groups is 1. The second-order valence-electron chi connectivity index (χ2n) is 7.53. The standard InChI is InChI=1S/C22H33N7O2.HI/c1-4-23-22(24-13-21(30)28(5-2)14-17-9-7-6-8-10-17)25-18-11-12-20-26-19(16-31-3)27-29(20)15-18;/h6-10,18H,4-5,11-16H2,1-3H3,(H2,23,24,25);1H. The third-order valence-electron chi connectivity index (χ3n) is 5.18. The quantitative estimate of drug-likeness (QED) is 0.279. The number of nitrogens with zero attached hydrogens (tertiary/aromatic N) is 5. The van der Waals surface area contributed by atoms with E-state index < -0.39 is 0 Å². The average Bonchev–Trinajstić information content (AvgIpc) is 3.18. The molecule has 1 aliphatic heterocycles. The van der Waals surface area contributed by atoms with Crippen LogP contribution in [0.15, 0.2) is 35.3 Å². The van der Waals surface area contributed by atoms with Crippen LogP contribution in [-0.4, -0.2) is 64.3 Å². The van der Waals surface area contributed by atoms with Gasteiger partial charge in [-0.15, -0.1) is 24.0 Å². The Labute approximate surface area is 207 Å². The lowest BCUT2D eigenvalue weighted by molar-refractivity contribution is -0.130. The van der Waals surface area contributed by atoms with Crippen molar-refractivity contribution in [2.24, 2.45) is 4.99 Å². The number of carbonyl (C=O) groups excluding carboxylic acids is 1. The molecule has 0 saturated heterocycles. The second kappa shape index (κ2) is 13.4. The zero-order valence-corrected chi connectivity index (χ0v) is 21.4. The summed E-state index contributed by atoms with van der Waals surface area (Å²) < 4.78 is 7.06. The highest BCUT2D eigenvalue weighted by Gasteiger charge is 2.22. The van der Waals surface area contributed by atoms with Gasteiger partial charge in [0, 0.05) is 39.2 Å². The Balaban J connectivity index is 0.00000363. The van der Waals surface area contributed by atoms with Gasteiger partial charge in [0.1, 0.15) is 19.0 Å². The highest BCUT2D eigenvalue weighted by Crippen LogP contribution is 2.13. The Morgan fingerprint density at radius 1 is 1.31 bits per heavy atom. The number of aliphatic imine (C=N–C) groups is 1. The van der Waals surface area contributed by atoms with Crippen LogP contribution in [0.4, 0.5) is 0 Å². The number of hydrogen-bond donors (Lipinski definition) is 2. The lowest BCUT2D eigenvalue weighted by Gasteiger charge is -2.25. The molecule has 176 valence electrons. The van der Waals surface area contributed by atoms with Crippen molar-refractivity contribution in [2.45, 2.75) is 52.4 Å². The molecule has 0 aliphatic carbocycles. The van der Waals surface area contributed by atoms with Gasteiger partial charge in [0.05, 0.1) is 6.54 Å². The van der Waals surface area contributed by atoms with Gasteiger partial charge in [0.15, 0.2) is 11.8 Å². The molecular weight excluding hydrogens is 521 g/mol. The maximum atomic E-state index is 12.7. The number of hydrogen-bond acceptors (Lipinski definition) is 5. The van der Waals surface area contributed by atoms with Gasteiger partial charge in [-0.3, -0.25) is 4.79 Å². The van der Waals surface area contributed by atoms with Crippen LogP contribution < -0.4 is 10.6 Å². The molecule has 32 heavy (non-hydrogen) atoms. The largest absolute Gasteiger partial charge is 0.377 e. The molecule has 0 saturated carbocycles. The Hall–Kier alpha value is -2.21. The van der Waals surface area contributed by atoms with Crippen LogP contribution in [-0.2, 0) is 35.6 Å². The van der Waals surface area contributed by atoms with Crippen molar-refractivity contribution in [1.82, 2.24) is 30.3 Å². The number of carbonyl (C=O) groups is 1. The minimum atomic E-state index is 0. The van der Waals surface area contributed by atoms with Crippen molar-refractivity contribution < 1.29 is 9.53 Å². The van der Waals surface area contributed by atoms with Crippen molar-refractivity contribution in [2.75, 3.05) is 26.7 Å². The van der Waals surface area contributed by atoms with Crippen LogP contribution in [0.3, 0.4) is 0 Å². The molecule has 1 atom stereocenters. The maximum absolute atomic E-state index is 12.7. The smallest absolute Gasteiger partial charge is 0.244 e. The van der Waals surface area contributed by atoms with Gasteiger partial charge in [0.2, 0.25) is 5.91 Å². The molecule has 2 heterocycles. The average molecular weight is 555 g/mol. The third-order valence-corrected chi connectivity index (χ3v) is 5.18. The van der Waals surface area contributed by atoms with E-state index in [-0.39, 0.29) is 42.5 Å². The normalized spacial score (nSPS) is 15.5. The molecule has 0 radical (unpaired) electrons. The molecule has 3 rings (SSSR count). The van der Waals surface area contributed by atoms with Crippen molar-refractivity contribution in [3.05, 3.63) is 47.5 Å². The molecular formula is C22H34IN7O2. The van der Waals surface area contributed by atoms with Gasteiger partial charge >= 0.3 is 0 Å². The fourth-order valence-electron chi connectivity index (χ4n) is 3.61. The minimum Gasteiger partial charge on any atom is -0.377 e. The molecule has 10 heteroatoms. The topological polar surface area (TPSA) is 96.7 Å². The number of aromatic nitrogens is 3. The van der Waals surface area contributed by atoms with Gasteiger partial charge in [-0.2, -0.15) is 5.10 Å². The van der Waals surface area contributed by atoms with Crippen LogP contribution in [0.1, 0.15) is 37.5 Å². The Bertz CT molecular complexity index is 872. The lowest BCUT2D eigenvalue weighted by atomic mass is 10.1. The van der Waals surface area contributed by atoms with E-state index in [1.165, 1.54) is 0 Å². The highest BCUT2D eigenvalue weighted by atomic mass is 127. The third kappa shape index (κ3) is 7.44. The van der Waals surface area contributed by atoms with Crippen LogP contribution in [0.5, 0.6) is 0 Å². The molecule has 2 aromatic rings. The number of nitrogens with one attached hydrogen (secondary N) is 2. The van der Waals surface area contributed by atoms with Crippen LogP contribution >= 0.6 is 24.0 Å². The number of ether oxygens (including phenoxy) is 1. The molecule has 0 spiro atoms. The van der Waals surface area contributed by atoms with Gasteiger partial charge < -0.3 is 20.3 Å². The van der Waals surface area contributed by atoms with E-state index in [9.17, 15) is 4.79 Å². The predicted octanol–water partition coefficient (Wildman–Crippen LogP) is 1.96. The summed E-state index contributed by atoms with van der Waals surface area (Å²) in [4.78, 5) is 23.6. The van der Waals surface area contributed by atoms with Crippen LogP contribution in [0, 0.1) is 0 Å². The molecule has 0 bridgehead atoms. The van der Waals surface area contributed by atoms with Crippen molar-refractivity contribution >= 4 is 35.8 Å². The number of fused-ring (bicyclic) bond motifs is 1. The van der Waals surface area contributed by atoms with Gasteiger partial charge in [-0.05, 0) is 25.8 Å². The molecule has 0 fully saturated rings. The van der Waals surface area contributed by atoms with E-state index in [2.05, 4.69) is 25.7 Å². The van der Waals surface area contributed by atoms with Gasteiger partial charge in [-0.1, -0.05) is 30.3 Å². The summed E-state index contributed by atoms with van der Waals surface area (Å²) in [6.45, 7) is 7.20.